The molecular weight excluding hydrogens is 328 g/mol. The number of benzene rings is 1. The molecule has 1 aromatic carbocycles. The lowest BCUT2D eigenvalue weighted by molar-refractivity contribution is 0.0775. The normalized spacial score (nSPS) is 19.8. The standard InChI is InChI=1S/C20H28N4O2/c1-2-14-3-4-17-18(13-14)22-23-19(17)15-5-9-24(10-6-15)20(25)21-16-7-11-26-12-8-16/h3-4,13,15-16H,2,5-12H2,1H3,(H,21,25)(H,22,23). The Hall–Kier alpha value is -2.08. The van der Waals surface area contributed by atoms with Gasteiger partial charge in [-0.3, -0.25) is 5.10 Å². The molecule has 0 saturated carbocycles. The van der Waals surface area contributed by atoms with Crippen LogP contribution in [0.4, 0.5) is 4.79 Å². The van der Waals surface area contributed by atoms with Crippen molar-refractivity contribution in [1.29, 1.82) is 0 Å². The second-order valence-electron chi connectivity index (χ2n) is 7.44. The Balaban J connectivity index is 1.36. The van der Waals surface area contributed by atoms with Crippen molar-refractivity contribution in [3.8, 4) is 0 Å². The highest BCUT2D eigenvalue weighted by Gasteiger charge is 2.27. The van der Waals surface area contributed by atoms with Crippen LogP contribution in [0.2, 0.25) is 0 Å². The second kappa shape index (κ2) is 7.66. The molecular formula is C20H28N4O2. The van der Waals surface area contributed by atoms with E-state index < -0.39 is 0 Å². The Morgan fingerprint density at radius 2 is 2.04 bits per heavy atom. The second-order valence-corrected chi connectivity index (χ2v) is 7.44. The zero-order valence-electron chi connectivity index (χ0n) is 15.5. The van der Waals surface area contributed by atoms with E-state index >= 15 is 0 Å². The molecule has 2 aliphatic rings. The van der Waals surface area contributed by atoms with Crippen molar-refractivity contribution < 1.29 is 9.53 Å². The van der Waals surface area contributed by atoms with Gasteiger partial charge in [0.05, 0.1) is 5.52 Å². The Kier molecular flexibility index (Phi) is 5.11. The van der Waals surface area contributed by atoms with Gasteiger partial charge in [-0.2, -0.15) is 5.10 Å². The van der Waals surface area contributed by atoms with Crippen LogP contribution in [-0.2, 0) is 11.2 Å². The fourth-order valence-corrected chi connectivity index (χ4v) is 4.09. The number of ether oxygens (including phenoxy) is 1. The number of aromatic nitrogens is 2. The molecule has 2 aromatic rings. The number of aryl methyl sites for hydroxylation is 1. The summed E-state index contributed by atoms with van der Waals surface area (Å²) in [5, 5.41) is 12.2. The quantitative estimate of drug-likeness (QED) is 0.887. The van der Waals surface area contributed by atoms with E-state index in [2.05, 4.69) is 40.6 Å². The lowest BCUT2D eigenvalue weighted by Crippen LogP contribution is -2.49. The molecule has 0 atom stereocenters. The molecule has 0 bridgehead atoms. The summed E-state index contributed by atoms with van der Waals surface area (Å²) < 4.78 is 5.36. The van der Waals surface area contributed by atoms with Gasteiger partial charge in [0, 0.05) is 49.3 Å². The topological polar surface area (TPSA) is 70.2 Å². The van der Waals surface area contributed by atoms with Gasteiger partial charge in [-0.15, -0.1) is 0 Å². The maximum absolute atomic E-state index is 12.5. The predicted molar refractivity (Wildman–Crippen MR) is 101 cm³/mol. The van der Waals surface area contributed by atoms with E-state index in [4.69, 9.17) is 4.74 Å². The average Bonchev–Trinajstić information content (AvgIpc) is 3.12. The minimum Gasteiger partial charge on any atom is -0.381 e. The summed E-state index contributed by atoms with van der Waals surface area (Å²) in [7, 11) is 0. The van der Waals surface area contributed by atoms with Crippen LogP contribution in [0.5, 0.6) is 0 Å². The van der Waals surface area contributed by atoms with Crippen LogP contribution in [0.25, 0.3) is 10.9 Å². The summed E-state index contributed by atoms with van der Waals surface area (Å²) in [6.45, 7) is 5.26. The number of nitrogens with zero attached hydrogens (tertiary/aromatic N) is 2. The number of amides is 2. The molecule has 2 aliphatic heterocycles. The molecule has 3 heterocycles. The zero-order chi connectivity index (χ0) is 17.9. The number of carbonyl (C=O) groups excluding carboxylic acids is 1. The van der Waals surface area contributed by atoms with Crippen LogP contribution in [0.1, 0.15) is 49.8 Å². The van der Waals surface area contributed by atoms with Gasteiger partial charge in [0.25, 0.3) is 0 Å². The third-order valence-corrected chi connectivity index (χ3v) is 5.80. The smallest absolute Gasteiger partial charge is 0.317 e. The van der Waals surface area contributed by atoms with Crippen molar-refractivity contribution in [3.63, 3.8) is 0 Å². The largest absolute Gasteiger partial charge is 0.381 e. The lowest BCUT2D eigenvalue weighted by atomic mass is 9.91. The molecule has 140 valence electrons. The minimum absolute atomic E-state index is 0.0809. The number of likely N-dealkylation sites (tertiary alicyclic amines) is 1. The zero-order valence-corrected chi connectivity index (χ0v) is 15.5. The molecule has 6 heteroatoms. The Labute approximate surface area is 154 Å². The first-order valence-electron chi connectivity index (χ1n) is 9.84. The summed E-state index contributed by atoms with van der Waals surface area (Å²) >= 11 is 0. The molecule has 0 radical (unpaired) electrons. The van der Waals surface area contributed by atoms with Gasteiger partial charge in [0.15, 0.2) is 0 Å². The fourth-order valence-electron chi connectivity index (χ4n) is 4.09. The van der Waals surface area contributed by atoms with Gasteiger partial charge >= 0.3 is 6.03 Å². The number of urea groups is 1. The van der Waals surface area contributed by atoms with Crippen molar-refractivity contribution in [2.75, 3.05) is 26.3 Å². The Bertz CT molecular complexity index is 758. The van der Waals surface area contributed by atoms with Crippen LogP contribution >= 0.6 is 0 Å². The van der Waals surface area contributed by atoms with Gasteiger partial charge in [-0.25, -0.2) is 4.79 Å². The molecule has 2 amide bonds. The average molecular weight is 356 g/mol. The molecule has 2 N–H and O–H groups in total. The van der Waals surface area contributed by atoms with Crippen molar-refractivity contribution in [3.05, 3.63) is 29.5 Å². The van der Waals surface area contributed by atoms with Gasteiger partial charge in [0.2, 0.25) is 0 Å². The highest BCUT2D eigenvalue weighted by atomic mass is 16.5. The molecule has 26 heavy (non-hydrogen) atoms. The van der Waals surface area contributed by atoms with Crippen molar-refractivity contribution in [2.45, 2.75) is 51.0 Å². The van der Waals surface area contributed by atoms with Crippen LogP contribution in [-0.4, -0.2) is 53.5 Å². The van der Waals surface area contributed by atoms with E-state index in [1.54, 1.807) is 0 Å². The molecule has 0 spiro atoms. The van der Waals surface area contributed by atoms with Gasteiger partial charge < -0.3 is 15.0 Å². The van der Waals surface area contributed by atoms with E-state index in [9.17, 15) is 4.79 Å². The number of rotatable bonds is 3. The number of carbonyl (C=O) groups is 1. The van der Waals surface area contributed by atoms with E-state index in [-0.39, 0.29) is 12.1 Å². The van der Waals surface area contributed by atoms with Crippen molar-refractivity contribution >= 4 is 16.9 Å². The molecule has 2 saturated heterocycles. The van der Waals surface area contributed by atoms with E-state index in [1.165, 1.54) is 16.6 Å². The summed E-state index contributed by atoms with van der Waals surface area (Å²) in [5.41, 5.74) is 3.60. The Morgan fingerprint density at radius 1 is 1.27 bits per heavy atom. The fraction of sp³-hybridized carbons (Fsp3) is 0.600. The first-order chi connectivity index (χ1) is 12.7. The summed E-state index contributed by atoms with van der Waals surface area (Å²) in [6, 6.07) is 6.90. The first kappa shape index (κ1) is 17.3. The summed E-state index contributed by atoms with van der Waals surface area (Å²) in [6.07, 6.45) is 4.82. The Morgan fingerprint density at radius 3 is 2.77 bits per heavy atom. The number of hydrogen-bond acceptors (Lipinski definition) is 3. The molecule has 2 fully saturated rings. The van der Waals surface area contributed by atoms with Gasteiger partial charge in [-0.1, -0.05) is 19.1 Å². The summed E-state index contributed by atoms with van der Waals surface area (Å²) in [5.74, 6) is 0.444. The van der Waals surface area contributed by atoms with Crippen LogP contribution < -0.4 is 5.32 Å². The van der Waals surface area contributed by atoms with E-state index in [0.717, 1.165) is 63.9 Å². The highest BCUT2D eigenvalue weighted by Crippen LogP contribution is 2.32. The molecule has 1 aromatic heterocycles. The first-order valence-corrected chi connectivity index (χ1v) is 9.84. The van der Waals surface area contributed by atoms with E-state index in [1.807, 2.05) is 4.90 Å². The molecule has 4 rings (SSSR count). The van der Waals surface area contributed by atoms with Crippen LogP contribution in [0.3, 0.4) is 0 Å². The molecule has 6 nitrogen and oxygen atoms in total. The maximum Gasteiger partial charge on any atom is 0.317 e. The van der Waals surface area contributed by atoms with Gasteiger partial charge in [-0.05, 0) is 43.7 Å². The predicted octanol–water partition coefficient (Wildman–Crippen LogP) is 3.19. The van der Waals surface area contributed by atoms with E-state index in [0.29, 0.717) is 5.92 Å². The maximum atomic E-state index is 12.5. The highest BCUT2D eigenvalue weighted by molar-refractivity contribution is 5.82. The van der Waals surface area contributed by atoms with Gasteiger partial charge in [0.1, 0.15) is 0 Å². The van der Waals surface area contributed by atoms with Crippen LogP contribution in [0.15, 0.2) is 18.2 Å². The molecule has 0 aliphatic carbocycles. The number of H-pyrrole nitrogens is 1. The van der Waals surface area contributed by atoms with Crippen molar-refractivity contribution in [2.24, 2.45) is 0 Å². The van der Waals surface area contributed by atoms with Crippen LogP contribution in [0, 0.1) is 0 Å². The SMILES string of the molecule is CCc1ccc2c(C3CCN(C(=O)NC4CCOCC4)CC3)[nH]nc2c1. The number of aromatic amines is 1. The number of hydrogen-bond donors (Lipinski definition) is 2. The number of nitrogens with one attached hydrogen (secondary N) is 2. The number of fused-ring (bicyclic) bond motifs is 1. The lowest BCUT2D eigenvalue weighted by Gasteiger charge is -2.33. The summed E-state index contributed by atoms with van der Waals surface area (Å²) in [4.78, 5) is 14.5. The monoisotopic (exact) mass is 356 g/mol. The third-order valence-electron chi connectivity index (χ3n) is 5.80. The van der Waals surface area contributed by atoms with Crippen molar-refractivity contribution in [1.82, 2.24) is 20.4 Å². The minimum atomic E-state index is 0.0809. The number of piperidine rings is 1. The molecule has 0 unspecified atom stereocenters. The third kappa shape index (κ3) is 3.56.